The van der Waals surface area contributed by atoms with Gasteiger partial charge < -0.3 is 4.74 Å². The van der Waals surface area contributed by atoms with Crippen LogP contribution in [0.5, 0.6) is 0 Å². The average molecular weight is 262 g/mol. The number of hydrazone groups is 1. The topological polar surface area (TPSA) is 50.7 Å². The van der Waals surface area contributed by atoms with E-state index in [1.165, 1.54) is 12.0 Å². The Morgan fingerprint density at radius 2 is 2.42 bits per heavy atom. The van der Waals surface area contributed by atoms with Crippen LogP contribution < -0.4 is 5.43 Å². The van der Waals surface area contributed by atoms with Crippen LogP contribution in [0.1, 0.15) is 39.5 Å². The van der Waals surface area contributed by atoms with Gasteiger partial charge in [0.05, 0.1) is 6.21 Å². The highest BCUT2D eigenvalue weighted by atomic mass is 16.5. The van der Waals surface area contributed by atoms with Crippen molar-refractivity contribution in [2.75, 3.05) is 6.61 Å². The van der Waals surface area contributed by atoms with Gasteiger partial charge in [0.2, 0.25) is 0 Å². The number of carbonyl (C=O) groups excluding carboxylic acids is 1. The minimum atomic E-state index is -0.304. The van der Waals surface area contributed by atoms with E-state index < -0.39 is 0 Å². The Bertz CT molecular complexity index is 433. The third-order valence-electron chi connectivity index (χ3n) is 5.12. The standard InChI is InChI=1S/C15H22N2O2/c1-15(2)11-6-5-10(12(15)8-11)9-16-17-14(18)13-4-3-7-19-13/h5,9,11-13H,3-4,6-8H2,1-2H3,(H,17,18)/b16-9+. The Labute approximate surface area is 114 Å². The first-order valence-electron chi connectivity index (χ1n) is 7.23. The van der Waals surface area contributed by atoms with E-state index in [1.807, 2.05) is 6.21 Å². The lowest BCUT2D eigenvalue weighted by molar-refractivity contribution is -0.130. The Morgan fingerprint density at radius 3 is 3.05 bits per heavy atom. The van der Waals surface area contributed by atoms with Gasteiger partial charge in [-0.25, -0.2) is 5.43 Å². The number of nitrogens with zero attached hydrogens (tertiary/aromatic N) is 1. The van der Waals surface area contributed by atoms with Crippen molar-refractivity contribution in [3.63, 3.8) is 0 Å². The molecule has 4 rings (SSSR count). The summed E-state index contributed by atoms with van der Waals surface area (Å²) in [7, 11) is 0. The van der Waals surface area contributed by atoms with E-state index in [-0.39, 0.29) is 12.0 Å². The Hall–Kier alpha value is -1.16. The van der Waals surface area contributed by atoms with Gasteiger partial charge in [0.1, 0.15) is 6.10 Å². The number of carbonyl (C=O) groups is 1. The summed E-state index contributed by atoms with van der Waals surface area (Å²) in [5.74, 6) is 1.32. The quantitative estimate of drug-likeness (QED) is 0.626. The maximum atomic E-state index is 11.7. The molecule has 4 nitrogen and oxygen atoms in total. The van der Waals surface area contributed by atoms with Crippen molar-refractivity contribution in [2.45, 2.75) is 45.6 Å². The van der Waals surface area contributed by atoms with Crippen LogP contribution in [0.4, 0.5) is 0 Å². The van der Waals surface area contributed by atoms with Crippen molar-refractivity contribution in [2.24, 2.45) is 22.4 Å². The zero-order valence-electron chi connectivity index (χ0n) is 11.7. The summed E-state index contributed by atoms with van der Waals surface area (Å²) in [5, 5.41) is 4.11. The van der Waals surface area contributed by atoms with Gasteiger partial charge in [-0.3, -0.25) is 4.79 Å². The van der Waals surface area contributed by atoms with E-state index in [9.17, 15) is 4.79 Å². The molecule has 2 bridgehead atoms. The minimum absolute atomic E-state index is 0.115. The van der Waals surface area contributed by atoms with Crippen LogP contribution in [0.15, 0.2) is 16.8 Å². The first-order chi connectivity index (χ1) is 9.09. The van der Waals surface area contributed by atoms with Crippen molar-refractivity contribution < 1.29 is 9.53 Å². The van der Waals surface area contributed by atoms with E-state index in [0.29, 0.717) is 17.9 Å². The van der Waals surface area contributed by atoms with Crippen LogP contribution in [0.25, 0.3) is 0 Å². The van der Waals surface area contributed by atoms with E-state index in [1.54, 1.807) is 0 Å². The molecule has 1 aliphatic heterocycles. The summed E-state index contributed by atoms with van der Waals surface area (Å²) in [6.07, 6.45) is 7.98. The molecule has 4 heteroatoms. The molecule has 4 aliphatic rings. The fourth-order valence-electron chi connectivity index (χ4n) is 3.57. The SMILES string of the molecule is CC1(C)C2CC=C(/C=N/NC(=O)C3CCCO3)C1C2. The number of fused-ring (bicyclic) bond motifs is 1. The van der Waals surface area contributed by atoms with Gasteiger partial charge in [0.15, 0.2) is 0 Å². The molecule has 1 amide bonds. The Kier molecular flexibility index (Phi) is 3.21. The zero-order valence-corrected chi connectivity index (χ0v) is 11.7. The maximum Gasteiger partial charge on any atom is 0.269 e. The van der Waals surface area contributed by atoms with Crippen molar-refractivity contribution in [3.05, 3.63) is 11.6 Å². The Morgan fingerprint density at radius 1 is 1.58 bits per heavy atom. The molecule has 3 atom stereocenters. The third-order valence-corrected chi connectivity index (χ3v) is 5.12. The van der Waals surface area contributed by atoms with Crippen molar-refractivity contribution in [3.8, 4) is 0 Å². The number of ether oxygens (including phenoxy) is 1. The molecule has 0 spiro atoms. The molecule has 1 N–H and O–H groups in total. The van der Waals surface area contributed by atoms with Crippen molar-refractivity contribution in [1.29, 1.82) is 0 Å². The molecule has 1 heterocycles. The minimum Gasteiger partial charge on any atom is -0.368 e. The molecule has 0 radical (unpaired) electrons. The number of allylic oxidation sites excluding steroid dienone is 2. The number of hydrogen-bond acceptors (Lipinski definition) is 3. The summed E-state index contributed by atoms with van der Waals surface area (Å²) >= 11 is 0. The molecule has 19 heavy (non-hydrogen) atoms. The molecule has 1 saturated carbocycles. The van der Waals surface area contributed by atoms with Gasteiger partial charge in [0.25, 0.3) is 5.91 Å². The van der Waals surface area contributed by atoms with Crippen molar-refractivity contribution in [1.82, 2.24) is 5.43 Å². The maximum absolute atomic E-state index is 11.7. The lowest BCUT2D eigenvalue weighted by Gasteiger charge is -2.55. The normalized spacial score (nSPS) is 35.9. The molecule has 2 fully saturated rings. The summed E-state index contributed by atoms with van der Waals surface area (Å²) in [6, 6.07) is 0. The summed E-state index contributed by atoms with van der Waals surface area (Å²) in [6.45, 7) is 5.35. The average Bonchev–Trinajstić information content (AvgIpc) is 2.92. The van der Waals surface area contributed by atoms with Gasteiger partial charge in [-0.15, -0.1) is 0 Å². The molecule has 0 aromatic heterocycles. The van der Waals surface area contributed by atoms with E-state index in [2.05, 4.69) is 30.5 Å². The third kappa shape index (κ3) is 2.22. The molecule has 3 unspecified atom stereocenters. The number of hydrogen-bond donors (Lipinski definition) is 1. The second-order valence-electron chi connectivity index (χ2n) is 6.48. The van der Waals surface area contributed by atoms with Gasteiger partial charge in [-0.1, -0.05) is 19.9 Å². The summed E-state index contributed by atoms with van der Waals surface area (Å²) in [5.41, 5.74) is 4.28. The zero-order chi connectivity index (χ0) is 13.5. The Balaban J connectivity index is 1.55. The van der Waals surface area contributed by atoms with E-state index in [0.717, 1.165) is 25.2 Å². The fourth-order valence-corrected chi connectivity index (χ4v) is 3.57. The second kappa shape index (κ2) is 4.75. The van der Waals surface area contributed by atoms with E-state index in [4.69, 9.17) is 4.74 Å². The first-order valence-corrected chi connectivity index (χ1v) is 7.23. The summed E-state index contributed by atoms with van der Waals surface area (Å²) < 4.78 is 5.32. The molecule has 0 aromatic carbocycles. The van der Waals surface area contributed by atoms with Gasteiger partial charge >= 0.3 is 0 Å². The highest BCUT2D eigenvalue weighted by Gasteiger charge is 2.50. The van der Waals surface area contributed by atoms with Gasteiger partial charge in [-0.2, -0.15) is 5.10 Å². The molecular weight excluding hydrogens is 240 g/mol. The molecule has 3 aliphatic carbocycles. The van der Waals surface area contributed by atoms with Crippen LogP contribution in [0.3, 0.4) is 0 Å². The molecular formula is C15H22N2O2. The number of nitrogens with one attached hydrogen (secondary N) is 1. The lowest BCUT2D eigenvalue weighted by atomic mass is 9.49. The van der Waals surface area contributed by atoms with Crippen LogP contribution in [-0.2, 0) is 9.53 Å². The monoisotopic (exact) mass is 262 g/mol. The molecule has 1 saturated heterocycles. The smallest absolute Gasteiger partial charge is 0.269 e. The van der Waals surface area contributed by atoms with Gasteiger partial charge in [-0.05, 0) is 48.5 Å². The first kappa shape index (κ1) is 12.9. The largest absolute Gasteiger partial charge is 0.368 e. The number of rotatable bonds is 3. The van der Waals surface area contributed by atoms with Crippen molar-refractivity contribution >= 4 is 12.1 Å². The van der Waals surface area contributed by atoms with Crippen LogP contribution in [-0.4, -0.2) is 24.8 Å². The fraction of sp³-hybridized carbons (Fsp3) is 0.733. The van der Waals surface area contributed by atoms with Crippen LogP contribution in [0.2, 0.25) is 0 Å². The van der Waals surface area contributed by atoms with Crippen LogP contribution in [0, 0.1) is 17.3 Å². The lowest BCUT2D eigenvalue weighted by Crippen LogP contribution is -2.48. The predicted molar refractivity (Wildman–Crippen MR) is 73.7 cm³/mol. The predicted octanol–water partition coefficient (Wildman–Crippen LogP) is 2.26. The van der Waals surface area contributed by atoms with E-state index >= 15 is 0 Å². The second-order valence-corrected chi connectivity index (χ2v) is 6.48. The summed E-state index contributed by atoms with van der Waals surface area (Å²) in [4.78, 5) is 11.7. The molecule has 104 valence electrons. The highest BCUT2D eigenvalue weighted by molar-refractivity contribution is 5.84. The molecule has 0 aromatic rings. The highest BCUT2D eigenvalue weighted by Crippen LogP contribution is 2.58. The van der Waals surface area contributed by atoms with Crippen LogP contribution >= 0.6 is 0 Å². The number of amides is 1. The van der Waals surface area contributed by atoms with Gasteiger partial charge in [0, 0.05) is 6.61 Å².